The first-order valence-electron chi connectivity index (χ1n) is 8.19. The Balaban J connectivity index is 1.58. The molecule has 1 unspecified atom stereocenters. The van der Waals surface area contributed by atoms with E-state index in [1.807, 2.05) is 0 Å². The summed E-state index contributed by atoms with van der Waals surface area (Å²) in [5, 5.41) is 3.51. The van der Waals surface area contributed by atoms with Crippen molar-refractivity contribution in [1.82, 2.24) is 5.32 Å². The van der Waals surface area contributed by atoms with Gasteiger partial charge in [0, 0.05) is 11.6 Å². The lowest BCUT2D eigenvalue weighted by Crippen LogP contribution is -2.47. The Morgan fingerprint density at radius 3 is 2.19 bits per heavy atom. The second kappa shape index (κ2) is 5.40. The van der Waals surface area contributed by atoms with Crippen LogP contribution in [0.2, 0.25) is 8.67 Å². The molecule has 0 radical (unpaired) electrons. The maximum Gasteiger partial charge on any atom is 0.0991 e. The Labute approximate surface area is 141 Å². The van der Waals surface area contributed by atoms with Gasteiger partial charge in [-0.05, 0) is 81.2 Å². The molecule has 0 aromatic carbocycles. The fourth-order valence-corrected chi connectivity index (χ4v) is 7.51. The average Bonchev–Trinajstić information content (AvgIpc) is 2.73. The lowest BCUT2D eigenvalue weighted by atomic mass is 9.48. The molecule has 0 saturated heterocycles. The molecular formula is C17H23Cl2NS. The molecule has 116 valence electrons. The standard InChI is InChI=1S/C17H23Cl2NS/c1-20-14(13-5-15(18)21-16(13)19)9-17-6-10-2-11(7-17)4-12(3-10)8-17/h5,10-12,14,20H,2-4,6-9H2,1H3. The van der Waals surface area contributed by atoms with Crippen LogP contribution in [0.15, 0.2) is 6.07 Å². The third-order valence-corrected chi connectivity index (χ3v) is 7.73. The molecule has 1 heterocycles. The summed E-state index contributed by atoms with van der Waals surface area (Å²) in [6.07, 6.45) is 10.1. The summed E-state index contributed by atoms with van der Waals surface area (Å²) in [5.41, 5.74) is 1.78. The van der Waals surface area contributed by atoms with E-state index >= 15 is 0 Å². The van der Waals surface area contributed by atoms with Crippen LogP contribution in [-0.4, -0.2) is 7.05 Å². The molecule has 0 amide bonds. The Kier molecular flexibility index (Phi) is 3.81. The van der Waals surface area contributed by atoms with Gasteiger partial charge in [-0.3, -0.25) is 0 Å². The smallest absolute Gasteiger partial charge is 0.0991 e. The Hall–Kier alpha value is 0.240. The van der Waals surface area contributed by atoms with E-state index in [1.165, 1.54) is 61.8 Å². The van der Waals surface area contributed by atoms with E-state index in [9.17, 15) is 0 Å². The Morgan fingerprint density at radius 1 is 1.19 bits per heavy atom. The van der Waals surface area contributed by atoms with E-state index in [2.05, 4.69) is 18.4 Å². The predicted molar refractivity (Wildman–Crippen MR) is 91.4 cm³/mol. The van der Waals surface area contributed by atoms with Crippen molar-refractivity contribution in [1.29, 1.82) is 0 Å². The van der Waals surface area contributed by atoms with E-state index in [-0.39, 0.29) is 0 Å². The van der Waals surface area contributed by atoms with Crippen LogP contribution in [-0.2, 0) is 0 Å². The largest absolute Gasteiger partial charge is 0.313 e. The first-order chi connectivity index (χ1) is 10.1. The number of rotatable bonds is 4. The maximum absolute atomic E-state index is 6.40. The third kappa shape index (κ3) is 2.67. The molecule has 1 nitrogen and oxygen atoms in total. The number of hydrogen-bond acceptors (Lipinski definition) is 2. The molecule has 4 saturated carbocycles. The van der Waals surface area contributed by atoms with Crippen LogP contribution < -0.4 is 5.32 Å². The van der Waals surface area contributed by atoms with E-state index < -0.39 is 0 Å². The van der Waals surface area contributed by atoms with Crippen molar-refractivity contribution in [3.63, 3.8) is 0 Å². The minimum atomic E-state index is 0.359. The van der Waals surface area contributed by atoms with Gasteiger partial charge < -0.3 is 5.32 Å². The minimum absolute atomic E-state index is 0.359. The molecule has 4 aliphatic carbocycles. The number of hydrogen-bond donors (Lipinski definition) is 1. The summed E-state index contributed by atoms with van der Waals surface area (Å²) in [6, 6.07) is 2.42. The van der Waals surface area contributed by atoms with Gasteiger partial charge in [0.15, 0.2) is 0 Å². The highest BCUT2D eigenvalue weighted by molar-refractivity contribution is 7.20. The van der Waals surface area contributed by atoms with Gasteiger partial charge in [0.05, 0.1) is 8.67 Å². The second-order valence-electron chi connectivity index (χ2n) is 7.74. The van der Waals surface area contributed by atoms with E-state index in [0.29, 0.717) is 11.5 Å². The van der Waals surface area contributed by atoms with Crippen LogP contribution in [0.25, 0.3) is 0 Å². The summed E-state index contributed by atoms with van der Waals surface area (Å²) < 4.78 is 1.67. The molecule has 4 heteroatoms. The van der Waals surface area contributed by atoms with E-state index in [1.54, 1.807) is 0 Å². The minimum Gasteiger partial charge on any atom is -0.313 e. The van der Waals surface area contributed by atoms with Gasteiger partial charge in [-0.15, -0.1) is 11.3 Å². The van der Waals surface area contributed by atoms with Crippen molar-refractivity contribution in [2.75, 3.05) is 7.05 Å². The summed E-state index contributed by atoms with van der Waals surface area (Å²) in [6.45, 7) is 0. The van der Waals surface area contributed by atoms with Crippen molar-refractivity contribution in [3.8, 4) is 0 Å². The Morgan fingerprint density at radius 2 is 1.76 bits per heavy atom. The highest BCUT2D eigenvalue weighted by Crippen LogP contribution is 2.62. The van der Waals surface area contributed by atoms with E-state index in [0.717, 1.165) is 26.4 Å². The summed E-state index contributed by atoms with van der Waals surface area (Å²) in [7, 11) is 2.06. The summed E-state index contributed by atoms with van der Waals surface area (Å²) >= 11 is 14.0. The van der Waals surface area contributed by atoms with E-state index in [4.69, 9.17) is 23.2 Å². The highest BCUT2D eigenvalue weighted by Gasteiger charge is 2.51. The molecule has 1 atom stereocenters. The number of nitrogens with one attached hydrogen (secondary N) is 1. The van der Waals surface area contributed by atoms with Crippen LogP contribution in [0.1, 0.15) is 56.6 Å². The molecule has 1 aromatic heterocycles. The zero-order valence-corrected chi connectivity index (χ0v) is 14.8. The van der Waals surface area contributed by atoms with Gasteiger partial charge in [0.2, 0.25) is 0 Å². The predicted octanol–water partition coefficient (Wildman–Crippen LogP) is 5.92. The van der Waals surface area contributed by atoms with Crippen LogP contribution in [0.3, 0.4) is 0 Å². The highest BCUT2D eigenvalue weighted by atomic mass is 35.5. The van der Waals surface area contributed by atoms with Crippen LogP contribution in [0.5, 0.6) is 0 Å². The first-order valence-corrected chi connectivity index (χ1v) is 9.76. The number of thiophene rings is 1. The quantitative estimate of drug-likeness (QED) is 0.715. The fourth-order valence-electron chi connectivity index (χ4n) is 5.93. The summed E-state index contributed by atoms with van der Waals surface area (Å²) in [4.78, 5) is 0. The average molecular weight is 344 g/mol. The lowest BCUT2D eigenvalue weighted by Gasteiger charge is -2.57. The molecule has 4 aliphatic rings. The van der Waals surface area contributed by atoms with Crippen molar-refractivity contribution in [3.05, 3.63) is 20.3 Å². The monoisotopic (exact) mass is 343 g/mol. The van der Waals surface area contributed by atoms with Gasteiger partial charge >= 0.3 is 0 Å². The molecule has 5 rings (SSSR count). The topological polar surface area (TPSA) is 12.0 Å². The molecule has 0 spiro atoms. The van der Waals surface area contributed by atoms with Gasteiger partial charge in [-0.2, -0.15) is 0 Å². The zero-order chi connectivity index (χ0) is 14.6. The van der Waals surface area contributed by atoms with Crippen LogP contribution in [0.4, 0.5) is 0 Å². The van der Waals surface area contributed by atoms with Gasteiger partial charge in [-0.1, -0.05) is 23.2 Å². The van der Waals surface area contributed by atoms with Crippen molar-refractivity contribution in [2.24, 2.45) is 23.2 Å². The van der Waals surface area contributed by atoms with Crippen molar-refractivity contribution >= 4 is 34.5 Å². The molecule has 0 aliphatic heterocycles. The molecule has 1 aromatic rings. The fraction of sp³-hybridized carbons (Fsp3) is 0.765. The van der Waals surface area contributed by atoms with Gasteiger partial charge in [-0.25, -0.2) is 0 Å². The lowest BCUT2D eigenvalue weighted by molar-refractivity contribution is -0.0619. The Bertz CT molecular complexity index is 504. The molecule has 4 bridgehead atoms. The number of halogens is 2. The second-order valence-corrected chi connectivity index (χ2v) is 10.0. The third-order valence-electron chi connectivity index (χ3n) is 6.21. The normalized spacial score (nSPS) is 38.9. The zero-order valence-electron chi connectivity index (χ0n) is 12.5. The van der Waals surface area contributed by atoms with Gasteiger partial charge in [0.1, 0.15) is 0 Å². The molecule has 21 heavy (non-hydrogen) atoms. The van der Waals surface area contributed by atoms with Crippen LogP contribution >= 0.6 is 34.5 Å². The molecular weight excluding hydrogens is 321 g/mol. The molecule has 4 fully saturated rings. The van der Waals surface area contributed by atoms with Gasteiger partial charge in [0.25, 0.3) is 0 Å². The first kappa shape index (κ1) is 14.8. The summed E-state index contributed by atoms with van der Waals surface area (Å²) in [5.74, 6) is 3.03. The molecule has 1 N–H and O–H groups in total. The van der Waals surface area contributed by atoms with Crippen molar-refractivity contribution < 1.29 is 0 Å². The SMILES string of the molecule is CNC(CC12CC3CC(CC(C3)C1)C2)c1cc(Cl)sc1Cl. The van der Waals surface area contributed by atoms with Crippen LogP contribution in [0, 0.1) is 23.2 Å². The van der Waals surface area contributed by atoms with Crippen molar-refractivity contribution in [2.45, 2.75) is 51.0 Å². The maximum atomic E-state index is 6.40.